The predicted octanol–water partition coefficient (Wildman–Crippen LogP) is 3.00. The molecule has 0 amide bonds. The lowest BCUT2D eigenvalue weighted by Crippen LogP contribution is -2.06. The Kier molecular flexibility index (Phi) is 4.90. The van der Waals surface area contributed by atoms with Crippen LogP contribution in [0.25, 0.3) is 0 Å². The third kappa shape index (κ3) is 3.92. The van der Waals surface area contributed by atoms with Gasteiger partial charge >= 0.3 is 0 Å². The largest absolute Gasteiger partial charge is 0.299 e. The van der Waals surface area contributed by atoms with Crippen LogP contribution in [0, 0.1) is 0 Å². The molecule has 0 spiro atoms. The third-order valence-corrected chi connectivity index (χ3v) is 3.87. The average molecular weight is 278 g/mol. The smallest absolute Gasteiger partial charge is 0.200 e. The molecule has 0 aliphatic carbocycles. The molecule has 1 aromatic carbocycles. The highest BCUT2D eigenvalue weighted by atomic mass is 32.2. The van der Waals surface area contributed by atoms with Crippen molar-refractivity contribution in [3.63, 3.8) is 0 Å². The molecule has 0 atom stereocenters. The monoisotopic (exact) mass is 278 g/mol. The van der Waals surface area contributed by atoms with Crippen molar-refractivity contribution in [2.24, 2.45) is 0 Å². The van der Waals surface area contributed by atoms with Crippen molar-refractivity contribution in [1.29, 1.82) is 0 Å². The molecule has 0 aliphatic heterocycles. The summed E-state index contributed by atoms with van der Waals surface area (Å²) in [5.41, 5.74) is 1.05. The van der Waals surface area contributed by atoms with Crippen LogP contribution in [0.1, 0.15) is 17.5 Å². The van der Waals surface area contributed by atoms with Gasteiger partial charge in [-0.25, -0.2) is 4.98 Å². The molecular formula is C13H14N2OS2. The van der Waals surface area contributed by atoms with E-state index in [2.05, 4.69) is 16.3 Å². The van der Waals surface area contributed by atoms with Crippen molar-refractivity contribution in [2.45, 2.75) is 24.9 Å². The molecule has 1 heterocycles. The topological polar surface area (TPSA) is 42.9 Å². The first-order valence-electron chi connectivity index (χ1n) is 5.79. The first-order valence-corrected chi connectivity index (χ1v) is 7.55. The normalized spacial score (nSPS) is 10.5. The van der Waals surface area contributed by atoms with Gasteiger partial charge in [0.1, 0.15) is 10.8 Å². The standard InChI is InChI=1S/C13H14N2OS2/c1-2-17-13-14-12(18-15-13)9-11(16)8-10-6-4-3-5-7-10/h3-7H,2,8-9H2,1H3. The van der Waals surface area contributed by atoms with E-state index >= 15 is 0 Å². The Morgan fingerprint density at radius 2 is 2.06 bits per heavy atom. The van der Waals surface area contributed by atoms with Crippen molar-refractivity contribution >= 4 is 29.1 Å². The second-order valence-corrected chi connectivity index (χ2v) is 5.85. The van der Waals surface area contributed by atoms with E-state index in [1.807, 2.05) is 30.3 Å². The molecule has 18 heavy (non-hydrogen) atoms. The average Bonchev–Trinajstić information content (AvgIpc) is 2.78. The van der Waals surface area contributed by atoms with E-state index in [0.29, 0.717) is 12.8 Å². The fourth-order valence-corrected chi connectivity index (χ4v) is 2.94. The molecule has 0 aliphatic rings. The van der Waals surface area contributed by atoms with Gasteiger partial charge in [0.2, 0.25) is 0 Å². The van der Waals surface area contributed by atoms with Crippen molar-refractivity contribution in [3.05, 3.63) is 40.9 Å². The van der Waals surface area contributed by atoms with Crippen LogP contribution in [-0.2, 0) is 17.6 Å². The molecule has 94 valence electrons. The van der Waals surface area contributed by atoms with Gasteiger partial charge < -0.3 is 0 Å². The summed E-state index contributed by atoms with van der Waals surface area (Å²) >= 11 is 2.93. The van der Waals surface area contributed by atoms with Gasteiger partial charge in [-0.2, -0.15) is 4.37 Å². The van der Waals surface area contributed by atoms with Gasteiger partial charge in [0, 0.05) is 6.42 Å². The lowest BCUT2D eigenvalue weighted by Gasteiger charge is -1.98. The fraction of sp³-hybridized carbons (Fsp3) is 0.308. The van der Waals surface area contributed by atoms with Gasteiger partial charge in [0.05, 0.1) is 6.42 Å². The van der Waals surface area contributed by atoms with Gasteiger partial charge in [-0.05, 0) is 22.8 Å². The number of aromatic nitrogens is 2. The second kappa shape index (κ2) is 6.66. The lowest BCUT2D eigenvalue weighted by atomic mass is 10.1. The first kappa shape index (κ1) is 13.2. The van der Waals surface area contributed by atoms with E-state index in [9.17, 15) is 4.79 Å². The highest BCUT2D eigenvalue weighted by Crippen LogP contribution is 2.17. The number of hydrogen-bond donors (Lipinski definition) is 0. The Balaban J connectivity index is 1.90. The van der Waals surface area contributed by atoms with E-state index in [1.54, 1.807) is 11.8 Å². The van der Waals surface area contributed by atoms with Crippen LogP contribution in [0.4, 0.5) is 0 Å². The quantitative estimate of drug-likeness (QED) is 0.762. The number of Topliss-reactive ketones (excluding diaryl/α,β-unsaturated/α-hetero) is 1. The molecule has 0 fully saturated rings. The molecule has 2 aromatic rings. The van der Waals surface area contributed by atoms with Crippen LogP contribution in [0.5, 0.6) is 0 Å². The Labute approximate surface area is 115 Å². The molecule has 0 bridgehead atoms. The summed E-state index contributed by atoms with van der Waals surface area (Å²) in [6.45, 7) is 2.06. The Bertz CT molecular complexity index is 511. The van der Waals surface area contributed by atoms with Crippen molar-refractivity contribution < 1.29 is 4.79 Å². The molecule has 0 saturated carbocycles. The minimum Gasteiger partial charge on any atom is -0.299 e. The fourth-order valence-electron chi connectivity index (χ4n) is 1.55. The number of carbonyl (C=O) groups excluding carboxylic acids is 1. The van der Waals surface area contributed by atoms with Crippen LogP contribution in [0.15, 0.2) is 35.5 Å². The number of nitrogens with zero attached hydrogens (tertiary/aromatic N) is 2. The zero-order valence-corrected chi connectivity index (χ0v) is 11.8. The third-order valence-electron chi connectivity index (χ3n) is 2.32. The molecule has 0 N–H and O–H groups in total. The zero-order chi connectivity index (χ0) is 12.8. The molecular weight excluding hydrogens is 264 g/mol. The predicted molar refractivity (Wildman–Crippen MR) is 75.2 cm³/mol. The molecule has 5 heteroatoms. The summed E-state index contributed by atoms with van der Waals surface area (Å²) in [6.07, 6.45) is 0.855. The number of benzene rings is 1. The maximum absolute atomic E-state index is 11.9. The van der Waals surface area contributed by atoms with Crippen molar-refractivity contribution in [3.8, 4) is 0 Å². The summed E-state index contributed by atoms with van der Waals surface area (Å²) < 4.78 is 4.21. The highest BCUT2D eigenvalue weighted by Gasteiger charge is 2.10. The highest BCUT2D eigenvalue weighted by molar-refractivity contribution is 7.99. The molecule has 2 rings (SSSR count). The number of rotatable bonds is 6. The SMILES string of the molecule is CCSc1nsc(CC(=O)Cc2ccccc2)n1. The zero-order valence-electron chi connectivity index (χ0n) is 10.1. The molecule has 0 radical (unpaired) electrons. The van der Waals surface area contributed by atoms with Gasteiger partial charge in [-0.3, -0.25) is 4.79 Å². The van der Waals surface area contributed by atoms with E-state index in [1.165, 1.54) is 11.5 Å². The van der Waals surface area contributed by atoms with Gasteiger partial charge in [0.25, 0.3) is 0 Å². The van der Waals surface area contributed by atoms with Crippen LogP contribution >= 0.6 is 23.3 Å². The van der Waals surface area contributed by atoms with Gasteiger partial charge in [-0.1, -0.05) is 49.0 Å². The maximum Gasteiger partial charge on any atom is 0.200 e. The van der Waals surface area contributed by atoms with Crippen LogP contribution in [0.3, 0.4) is 0 Å². The summed E-state index contributed by atoms with van der Waals surface area (Å²) in [5, 5.41) is 1.59. The molecule has 0 saturated heterocycles. The summed E-state index contributed by atoms with van der Waals surface area (Å²) in [4.78, 5) is 16.2. The van der Waals surface area contributed by atoms with Crippen LogP contribution in [-0.4, -0.2) is 20.9 Å². The maximum atomic E-state index is 11.9. The van der Waals surface area contributed by atoms with E-state index in [4.69, 9.17) is 0 Å². The van der Waals surface area contributed by atoms with E-state index < -0.39 is 0 Å². The van der Waals surface area contributed by atoms with Crippen LogP contribution < -0.4 is 0 Å². The summed E-state index contributed by atoms with van der Waals surface area (Å²) in [7, 11) is 0. The number of ketones is 1. The molecule has 1 aromatic heterocycles. The van der Waals surface area contributed by atoms with Crippen molar-refractivity contribution in [1.82, 2.24) is 9.36 Å². The summed E-state index contributed by atoms with van der Waals surface area (Å²) in [5.74, 6) is 1.14. The Hall–Kier alpha value is -1.20. The second-order valence-electron chi connectivity index (χ2n) is 3.78. The Morgan fingerprint density at radius 3 is 2.78 bits per heavy atom. The molecule has 0 unspecified atom stereocenters. The minimum atomic E-state index is 0.186. The van der Waals surface area contributed by atoms with Crippen LogP contribution in [0.2, 0.25) is 0 Å². The number of carbonyl (C=O) groups is 1. The summed E-state index contributed by atoms with van der Waals surface area (Å²) in [6, 6.07) is 9.78. The molecule has 3 nitrogen and oxygen atoms in total. The number of thioether (sulfide) groups is 1. The lowest BCUT2D eigenvalue weighted by molar-refractivity contribution is -0.117. The van der Waals surface area contributed by atoms with Gasteiger partial charge in [0.15, 0.2) is 5.16 Å². The van der Waals surface area contributed by atoms with E-state index in [-0.39, 0.29) is 5.78 Å². The number of hydrogen-bond acceptors (Lipinski definition) is 5. The minimum absolute atomic E-state index is 0.186. The first-order chi connectivity index (χ1) is 8.78. The van der Waals surface area contributed by atoms with Gasteiger partial charge in [-0.15, -0.1) is 0 Å². The van der Waals surface area contributed by atoms with Crippen molar-refractivity contribution in [2.75, 3.05) is 5.75 Å². The van der Waals surface area contributed by atoms with E-state index in [0.717, 1.165) is 21.5 Å². The Morgan fingerprint density at radius 1 is 1.28 bits per heavy atom.